The number of carboxylic acid groups (broad SMARTS) is 1. The molecule has 39 heavy (non-hydrogen) atoms. The average molecular weight is 556 g/mol. The Morgan fingerprint density at radius 3 is 1.44 bits per heavy atom. The van der Waals surface area contributed by atoms with E-state index in [-0.39, 0.29) is 36.4 Å². The third-order valence-corrected chi connectivity index (χ3v) is 6.84. The number of carbonyl (C=O) groups is 4. The molecule has 0 spiro atoms. The predicted molar refractivity (Wildman–Crippen MR) is 155 cm³/mol. The molecule has 0 saturated carbocycles. The Hall–Kier alpha value is -2.16. The lowest BCUT2D eigenvalue weighted by atomic mass is 10.0. The van der Waals surface area contributed by atoms with Crippen LogP contribution in [-0.2, 0) is 19.2 Å². The molecule has 9 nitrogen and oxygen atoms in total. The fourth-order valence-corrected chi connectivity index (χ4v) is 4.41. The van der Waals surface area contributed by atoms with Crippen LogP contribution in [-0.4, -0.2) is 59.1 Å². The highest BCUT2D eigenvalue weighted by Gasteiger charge is 2.11. The number of aliphatic hydroxyl groups excluding tert-OH is 1. The summed E-state index contributed by atoms with van der Waals surface area (Å²) in [4.78, 5) is 46.2. The molecule has 0 rings (SSSR count). The standard InChI is InChI=1S/C30H57N3O6/c1-25(21-22-29(37)33-26(2)24-34)32-28(36)19-17-23-31-27(35)18-15-13-11-9-7-5-3-4-6-8-10-12-14-16-20-30(38)39/h25-26,34H,3-24H2,1-2H3,(H,31,35)(H,32,36)(H,33,37)(H,38,39)/t25-,26-/m1/s1. The van der Waals surface area contributed by atoms with Gasteiger partial charge in [0, 0.05) is 44.3 Å². The number of nitrogens with one attached hydrogen (secondary N) is 3. The molecule has 0 heterocycles. The van der Waals surface area contributed by atoms with Gasteiger partial charge in [-0.25, -0.2) is 0 Å². The molecule has 0 fully saturated rings. The molecule has 228 valence electrons. The van der Waals surface area contributed by atoms with Crippen molar-refractivity contribution in [1.29, 1.82) is 0 Å². The van der Waals surface area contributed by atoms with Crippen LogP contribution in [0.1, 0.15) is 142 Å². The van der Waals surface area contributed by atoms with E-state index in [9.17, 15) is 19.2 Å². The molecule has 9 heteroatoms. The van der Waals surface area contributed by atoms with E-state index < -0.39 is 5.97 Å². The summed E-state index contributed by atoms with van der Waals surface area (Å²) >= 11 is 0. The van der Waals surface area contributed by atoms with Crippen molar-refractivity contribution < 1.29 is 29.4 Å². The highest BCUT2D eigenvalue weighted by molar-refractivity contribution is 5.78. The van der Waals surface area contributed by atoms with Gasteiger partial charge in [0.05, 0.1) is 6.61 Å². The SMILES string of the molecule is C[C@H](CO)NC(=O)CC[C@@H](C)NC(=O)CCCNC(=O)CCCCCCCCCCCCCCCCC(=O)O. The van der Waals surface area contributed by atoms with Crippen LogP contribution in [0.3, 0.4) is 0 Å². The van der Waals surface area contributed by atoms with E-state index >= 15 is 0 Å². The second kappa shape index (κ2) is 26.1. The zero-order chi connectivity index (χ0) is 29.1. The van der Waals surface area contributed by atoms with Gasteiger partial charge in [0.2, 0.25) is 17.7 Å². The summed E-state index contributed by atoms with van der Waals surface area (Å²) in [5.41, 5.74) is 0. The molecule has 2 atom stereocenters. The second-order valence-electron chi connectivity index (χ2n) is 11.0. The van der Waals surface area contributed by atoms with Crippen molar-refractivity contribution in [2.45, 2.75) is 154 Å². The van der Waals surface area contributed by atoms with Gasteiger partial charge >= 0.3 is 5.97 Å². The van der Waals surface area contributed by atoms with Crippen LogP contribution in [0.2, 0.25) is 0 Å². The van der Waals surface area contributed by atoms with Gasteiger partial charge in [-0.2, -0.15) is 0 Å². The third kappa shape index (κ3) is 27.2. The van der Waals surface area contributed by atoms with E-state index in [4.69, 9.17) is 10.2 Å². The minimum absolute atomic E-state index is 0.0498. The van der Waals surface area contributed by atoms with Gasteiger partial charge in [0.1, 0.15) is 0 Å². The zero-order valence-corrected chi connectivity index (χ0v) is 24.7. The normalized spacial score (nSPS) is 12.5. The number of carboxylic acids is 1. The maximum atomic E-state index is 12.0. The Labute approximate surface area is 236 Å². The molecule has 0 aliphatic rings. The molecule has 0 bridgehead atoms. The van der Waals surface area contributed by atoms with Crippen molar-refractivity contribution in [3.63, 3.8) is 0 Å². The fourth-order valence-electron chi connectivity index (χ4n) is 4.41. The highest BCUT2D eigenvalue weighted by atomic mass is 16.4. The van der Waals surface area contributed by atoms with Crippen LogP contribution in [0.15, 0.2) is 0 Å². The molecule has 0 aliphatic heterocycles. The molecular weight excluding hydrogens is 498 g/mol. The first-order valence-electron chi connectivity index (χ1n) is 15.4. The number of hydrogen-bond acceptors (Lipinski definition) is 5. The van der Waals surface area contributed by atoms with Crippen LogP contribution in [0.25, 0.3) is 0 Å². The number of carbonyl (C=O) groups excluding carboxylic acids is 3. The lowest BCUT2D eigenvalue weighted by Gasteiger charge is -2.15. The van der Waals surface area contributed by atoms with Gasteiger partial charge in [-0.3, -0.25) is 19.2 Å². The van der Waals surface area contributed by atoms with Gasteiger partial charge in [0.15, 0.2) is 0 Å². The number of amides is 3. The number of hydrogen-bond donors (Lipinski definition) is 5. The monoisotopic (exact) mass is 555 g/mol. The number of rotatable bonds is 27. The molecule has 0 aliphatic carbocycles. The van der Waals surface area contributed by atoms with Crippen molar-refractivity contribution in [3.8, 4) is 0 Å². The van der Waals surface area contributed by atoms with Crippen LogP contribution in [0.4, 0.5) is 0 Å². The van der Waals surface area contributed by atoms with E-state index in [1.54, 1.807) is 6.92 Å². The highest BCUT2D eigenvalue weighted by Crippen LogP contribution is 2.13. The van der Waals surface area contributed by atoms with E-state index in [1.807, 2.05) is 6.92 Å². The summed E-state index contributed by atoms with van der Waals surface area (Å²) in [5, 5.41) is 26.0. The lowest BCUT2D eigenvalue weighted by Crippen LogP contribution is -2.37. The van der Waals surface area contributed by atoms with Crippen molar-refractivity contribution in [2.24, 2.45) is 0 Å². The first-order valence-corrected chi connectivity index (χ1v) is 15.4. The zero-order valence-electron chi connectivity index (χ0n) is 24.7. The maximum Gasteiger partial charge on any atom is 0.303 e. The molecular formula is C30H57N3O6. The quantitative estimate of drug-likeness (QED) is 0.0903. The molecule has 0 saturated heterocycles. The van der Waals surface area contributed by atoms with Crippen LogP contribution >= 0.6 is 0 Å². The Bertz CT molecular complexity index is 659. The van der Waals surface area contributed by atoms with Gasteiger partial charge in [-0.05, 0) is 39.5 Å². The van der Waals surface area contributed by atoms with Crippen molar-refractivity contribution in [1.82, 2.24) is 16.0 Å². The van der Waals surface area contributed by atoms with E-state index in [2.05, 4.69) is 16.0 Å². The molecule has 3 amide bonds. The Morgan fingerprint density at radius 2 is 0.949 bits per heavy atom. The van der Waals surface area contributed by atoms with E-state index in [0.29, 0.717) is 45.1 Å². The maximum absolute atomic E-state index is 12.0. The first-order chi connectivity index (χ1) is 18.7. The number of aliphatic carboxylic acids is 1. The number of unbranched alkanes of at least 4 members (excludes halogenated alkanes) is 13. The minimum Gasteiger partial charge on any atom is -0.481 e. The largest absolute Gasteiger partial charge is 0.481 e. The number of aliphatic hydroxyl groups is 1. The van der Waals surface area contributed by atoms with E-state index in [1.165, 1.54) is 57.8 Å². The Balaban J connectivity index is 3.45. The molecule has 0 unspecified atom stereocenters. The van der Waals surface area contributed by atoms with Gasteiger partial charge in [0.25, 0.3) is 0 Å². The van der Waals surface area contributed by atoms with Crippen LogP contribution < -0.4 is 16.0 Å². The molecule has 0 aromatic heterocycles. The fraction of sp³-hybridized carbons (Fsp3) is 0.867. The minimum atomic E-state index is -0.690. The molecule has 5 N–H and O–H groups in total. The Kier molecular flexibility index (Phi) is 24.6. The van der Waals surface area contributed by atoms with Crippen LogP contribution in [0.5, 0.6) is 0 Å². The van der Waals surface area contributed by atoms with Gasteiger partial charge in [-0.1, -0.05) is 77.0 Å². The molecule has 0 aromatic carbocycles. The summed E-state index contributed by atoms with van der Waals surface area (Å²) in [6.45, 7) is 3.99. The first kappa shape index (κ1) is 36.8. The molecule has 0 radical (unpaired) electrons. The lowest BCUT2D eigenvalue weighted by molar-refractivity contribution is -0.137. The smallest absolute Gasteiger partial charge is 0.303 e. The predicted octanol–water partition coefficient (Wildman–Crippen LogP) is 4.99. The summed E-state index contributed by atoms with van der Waals surface area (Å²) in [6.07, 6.45) is 18.9. The summed E-state index contributed by atoms with van der Waals surface area (Å²) in [6, 6.07) is -0.378. The second-order valence-corrected chi connectivity index (χ2v) is 11.0. The molecule has 0 aromatic rings. The van der Waals surface area contributed by atoms with E-state index in [0.717, 1.165) is 32.1 Å². The van der Waals surface area contributed by atoms with Crippen LogP contribution in [0, 0.1) is 0 Å². The van der Waals surface area contributed by atoms with Crippen molar-refractivity contribution >= 4 is 23.7 Å². The Morgan fingerprint density at radius 1 is 0.538 bits per heavy atom. The topological polar surface area (TPSA) is 145 Å². The summed E-state index contributed by atoms with van der Waals surface area (Å²) in [5.74, 6) is -0.854. The average Bonchev–Trinajstić information content (AvgIpc) is 2.89. The summed E-state index contributed by atoms with van der Waals surface area (Å²) < 4.78 is 0. The third-order valence-electron chi connectivity index (χ3n) is 6.84. The summed E-state index contributed by atoms with van der Waals surface area (Å²) in [7, 11) is 0. The van der Waals surface area contributed by atoms with Crippen molar-refractivity contribution in [3.05, 3.63) is 0 Å². The van der Waals surface area contributed by atoms with Gasteiger partial charge in [-0.15, -0.1) is 0 Å². The van der Waals surface area contributed by atoms with Gasteiger partial charge < -0.3 is 26.2 Å². The van der Waals surface area contributed by atoms with Crippen molar-refractivity contribution in [2.75, 3.05) is 13.2 Å².